The number of hydrogen-bond donors (Lipinski definition) is 0. The smallest absolute Gasteiger partial charge is 0.306 e. The molecule has 2 aromatic carbocycles. The Morgan fingerprint density at radius 1 is 0.857 bits per heavy atom. The summed E-state index contributed by atoms with van der Waals surface area (Å²) in [7, 11) is 0. The molecule has 0 unspecified atom stereocenters. The van der Waals surface area contributed by atoms with Crippen molar-refractivity contribution >= 4 is 29.1 Å². The Labute approximate surface area is 167 Å². The Morgan fingerprint density at radius 2 is 1.54 bits per heavy atom. The first kappa shape index (κ1) is 19.9. The Hall–Kier alpha value is -2.86. The summed E-state index contributed by atoms with van der Waals surface area (Å²) in [5, 5.41) is 0.532. The highest BCUT2D eigenvalue weighted by Crippen LogP contribution is 2.30. The van der Waals surface area contributed by atoms with Crippen LogP contribution in [-0.2, 0) is 9.53 Å². The summed E-state index contributed by atoms with van der Waals surface area (Å²) in [6, 6.07) is 11.3. The minimum Gasteiger partial charge on any atom is -0.490 e. The topological polar surface area (TPSA) is 78.9 Å². The molecule has 0 aliphatic carbocycles. The normalized spacial score (nSPS) is 12.8. The van der Waals surface area contributed by atoms with Gasteiger partial charge < -0.3 is 14.2 Å². The summed E-state index contributed by atoms with van der Waals surface area (Å²) in [6.07, 6.45) is 0.666. The zero-order valence-corrected chi connectivity index (χ0v) is 15.9. The van der Waals surface area contributed by atoms with Crippen LogP contribution in [0.2, 0.25) is 5.02 Å². The van der Waals surface area contributed by atoms with Crippen molar-refractivity contribution in [1.82, 2.24) is 0 Å². The van der Waals surface area contributed by atoms with E-state index >= 15 is 0 Å². The van der Waals surface area contributed by atoms with E-state index in [4.69, 9.17) is 25.8 Å². The molecular weight excluding hydrogens is 384 g/mol. The van der Waals surface area contributed by atoms with Crippen LogP contribution >= 0.6 is 11.6 Å². The van der Waals surface area contributed by atoms with Gasteiger partial charge in [-0.15, -0.1) is 0 Å². The number of Topliss-reactive ketones (excluding diaryl/α,β-unsaturated/α-hetero) is 2. The standard InChI is InChI=1S/C21H19ClO6/c22-16-5-2-14(3-6-16)17(23)7-9-21(25)28-13-18(24)15-4-8-19-20(12-15)27-11-1-10-26-19/h2-6,8,12H,1,7,9-11,13H2. The van der Waals surface area contributed by atoms with Crippen molar-refractivity contribution in [3.8, 4) is 11.5 Å². The van der Waals surface area contributed by atoms with Gasteiger partial charge in [-0.05, 0) is 42.5 Å². The summed E-state index contributed by atoms with van der Waals surface area (Å²) in [5.74, 6) is -0.0594. The van der Waals surface area contributed by atoms with Gasteiger partial charge in [0.25, 0.3) is 0 Å². The Kier molecular flexibility index (Phi) is 6.66. The Bertz CT molecular complexity index is 875. The number of halogens is 1. The van der Waals surface area contributed by atoms with Crippen molar-refractivity contribution in [2.75, 3.05) is 19.8 Å². The van der Waals surface area contributed by atoms with Gasteiger partial charge in [-0.3, -0.25) is 14.4 Å². The van der Waals surface area contributed by atoms with Crippen LogP contribution in [0, 0.1) is 0 Å². The molecule has 2 aromatic rings. The third kappa shape index (κ3) is 5.33. The molecule has 0 spiro atoms. The second kappa shape index (κ2) is 9.37. The monoisotopic (exact) mass is 402 g/mol. The van der Waals surface area contributed by atoms with Gasteiger partial charge in [-0.2, -0.15) is 0 Å². The quantitative estimate of drug-likeness (QED) is 0.516. The van der Waals surface area contributed by atoms with Gasteiger partial charge in [-0.25, -0.2) is 0 Å². The van der Waals surface area contributed by atoms with E-state index in [1.165, 1.54) is 0 Å². The largest absolute Gasteiger partial charge is 0.490 e. The van der Waals surface area contributed by atoms with Crippen LogP contribution in [-0.4, -0.2) is 37.4 Å². The van der Waals surface area contributed by atoms with E-state index in [1.54, 1.807) is 42.5 Å². The highest BCUT2D eigenvalue weighted by molar-refractivity contribution is 6.30. The summed E-state index contributed by atoms with van der Waals surface area (Å²) >= 11 is 5.78. The second-order valence-corrected chi connectivity index (χ2v) is 6.66. The molecule has 0 aromatic heterocycles. The minimum atomic E-state index is -0.606. The van der Waals surface area contributed by atoms with Crippen LogP contribution in [0.15, 0.2) is 42.5 Å². The zero-order valence-electron chi connectivity index (χ0n) is 15.1. The molecule has 0 saturated heterocycles. The fourth-order valence-electron chi connectivity index (χ4n) is 2.63. The highest BCUT2D eigenvalue weighted by atomic mass is 35.5. The van der Waals surface area contributed by atoms with Gasteiger partial charge in [0.2, 0.25) is 0 Å². The summed E-state index contributed by atoms with van der Waals surface area (Å²) in [4.78, 5) is 36.2. The zero-order chi connectivity index (χ0) is 19.9. The molecule has 146 valence electrons. The van der Waals surface area contributed by atoms with E-state index in [1.807, 2.05) is 0 Å². The van der Waals surface area contributed by atoms with E-state index in [-0.39, 0.29) is 24.4 Å². The molecule has 1 heterocycles. The van der Waals surface area contributed by atoms with Gasteiger partial charge in [0, 0.05) is 29.0 Å². The van der Waals surface area contributed by atoms with Crippen LogP contribution in [0.5, 0.6) is 11.5 Å². The number of fused-ring (bicyclic) bond motifs is 1. The average Bonchev–Trinajstić information content (AvgIpc) is 2.95. The molecule has 0 fully saturated rings. The van der Waals surface area contributed by atoms with Crippen LogP contribution in [0.4, 0.5) is 0 Å². The van der Waals surface area contributed by atoms with E-state index in [0.29, 0.717) is 40.9 Å². The molecule has 0 saturated carbocycles. The molecule has 0 atom stereocenters. The first-order valence-electron chi connectivity index (χ1n) is 8.90. The minimum absolute atomic E-state index is 0.00131. The van der Waals surface area contributed by atoms with Crippen molar-refractivity contribution in [1.29, 1.82) is 0 Å². The maximum absolute atomic E-state index is 12.3. The number of carbonyl (C=O) groups excluding carboxylic acids is 3. The van der Waals surface area contributed by atoms with Crippen LogP contribution in [0.1, 0.15) is 40.0 Å². The summed E-state index contributed by atoms with van der Waals surface area (Å²) < 4.78 is 16.1. The van der Waals surface area contributed by atoms with Crippen LogP contribution in [0.25, 0.3) is 0 Å². The lowest BCUT2D eigenvalue weighted by atomic mass is 10.1. The predicted octanol–water partition coefficient (Wildman–Crippen LogP) is 3.89. The molecule has 0 bridgehead atoms. The van der Waals surface area contributed by atoms with Crippen molar-refractivity contribution < 1.29 is 28.6 Å². The number of rotatable bonds is 7. The second-order valence-electron chi connectivity index (χ2n) is 6.23. The predicted molar refractivity (Wildman–Crippen MR) is 102 cm³/mol. The third-order valence-electron chi connectivity index (χ3n) is 4.16. The lowest BCUT2D eigenvalue weighted by Gasteiger charge is -2.09. The SMILES string of the molecule is O=C(CCC(=O)c1ccc(Cl)cc1)OCC(=O)c1ccc2c(c1)OCCCO2. The van der Waals surface area contributed by atoms with Gasteiger partial charge >= 0.3 is 5.97 Å². The van der Waals surface area contributed by atoms with Gasteiger partial charge in [0.15, 0.2) is 29.7 Å². The molecule has 1 aliphatic heterocycles. The van der Waals surface area contributed by atoms with Crippen LogP contribution < -0.4 is 9.47 Å². The number of ketones is 2. The van der Waals surface area contributed by atoms with Gasteiger partial charge in [0.1, 0.15) is 0 Å². The number of hydrogen-bond acceptors (Lipinski definition) is 6. The summed E-state index contributed by atoms with van der Waals surface area (Å²) in [6.45, 7) is 0.682. The molecule has 6 nitrogen and oxygen atoms in total. The van der Waals surface area contributed by atoms with E-state index in [2.05, 4.69) is 0 Å². The Balaban J connectivity index is 1.47. The highest BCUT2D eigenvalue weighted by Gasteiger charge is 2.16. The van der Waals surface area contributed by atoms with Crippen molar-refractivity contribution in [2.24, 2.45) is 0 Å². The summed E-state index contributed by atoms with van der Waals surface area (Å²) in [5.41, 5.74) is 0.842. The maximum atomic E-state index is 12.3. The van der Waals surface area contributed by atoms with E-state index in [0.717, 1.165) is 6.42 Å². The van der Waals surface area contributed by atoms with E-state index < -0.39 is 12.6 Å². The number of carbonyl (C=O) groups is 3. The fraction of sp³-hybridized carbons (Fsp3) is 0.286. The lowest BCUT2D eigenvalue weighted by Crippen LogP contribution is -2.15. The number of esters is 1. The van der Waals surface area contributed by atoms with E-state index in [9.17, 15) is 14.4 Å². The lowest BCUT2D eigenvalue weighted by molar-refractivity contribution is -0.142. The van der Waals surface area contributed by atoms with Crippen molar-refractivity contribution in [3.63, 3.8) is 0 Å². The first-order chi connectivity index (χ1) is 13.5. The molecule has 3 rings (SSSR count). The number of ether oxygens (including phenoxy) is 3. The molecule has 7 heteroatoms. The molecule has 28 heavy (non-hydrogen) atoms. The Morgan fingerprint density at radius 3 is 2.29 bits per heavy atom. The van der Waals surface area contributed by atoms with Gasteiger partial charge in [-0.1, -0.05) is 11.6 Å². The maximum Gasteiger partial charge on any atom is 0.306 e. The van der Waals surface area contributed by atoms with Crippen molar-refractivity contribution in [2.45, 2.75) is 19.3 Å². The first-order valence-corrected chi connectivity index (χ1v) is 9.28. The van der Waals surface area contributed by atoms with Gasteiger partial charge in [0.05, 0.1) is 19.6 Å². The number of benzene rings is 2. The molecular formula is C21H19ClO6. The molecule has 0 amide bonds. The van der Waals surface area contributed by atoms with Crippen LogP contribution in [0.3, 0.4) is 0 Å². The third-order valence-corrected chi connectivity index (χ3v) is 4.41. The average molecular weight is 403 g/mol. The molecule has 0 radical (unpaired) electrons. The van der Waals surface area contributed by atoms with Crippen molar-refractivity contribution in [3.05, 3.63) is 58.6 Å². The molecule has 1 aliphatic rings. The fourth-order valence-corrected chi connectivity index (χ4v) is 2.76. The molecule has 0 N–H and O–H groups in total.